The second kappa shape index (κ2) is 5.32. The highest BCUT2D eigenvalue weighted by molar-refractivity contribution is 7.80. The number of nitrogens with two attached hydrogens (primary N) is 1. The third kappa shape index (κ3) is 3.06. The van der Waals surface area contributed by atoms with Gasteiger partial charge in [-0.1, -0.05) is 18.3 Å². The van der Waals surface area contributed by atoms with Gasteiger partial charge >= 0.3 is 0 Å². The van der Waals surface area contributed by atoms with Crippen LogP contribution in [0, 0.1) is 18.6 Å². The van der Waals surface area contributed by atoms with Crippen LogP contribution < -0.4 is 10.5 Å². The van der Waals surface area contributed by atoms with Crippen LogP contribution in [0.5, 0.6) is 11.5 Å². The number of benzene rings is 2. The molecule has 0 fully saturated rings. The van der Waals surface area contributed by atoms with Gasteiger partial charge in [-0.2, -0.15) is 0 Å². The van der Waals surface area contributed by atoms with E-state index in [1.165, 1.54) is 0 Å². The standard InChI is InChI=1S/C14H11F2NOS/c1-8-2-4-10(14(17)19)12(6-8)18-13-7-9(15)3-5-11(13)16/h2-7H,1H3,(H2,17,19). The van der Waals surface area contributed by atoms with E-state index in [4.69, 9.17) is 22.7 Å². The zero-order valence-corrected chi connectivity index (χ0v) is 10.9. The van der Waals surface area contributed by atoms with Gasteiger partial charge in [0.2, 0.25) is 0 Å². The van der Waals surface area contributed by atoms with Crippen LogP contribution in [-0.2, 0) is 0 Å². The van der Waals surface area contributed by atoms with Crippen LogP contribution in [0.15, 0.2) is 36.4 Å². The van der Waals surface area contributed by atoms with Gasteiger partial charge in [0.05, 0.1) is 5.56 Å². The topological polar surface area (TPSA) is 35.2 Å². The Kier molecular flexibility index (Phi) is 3.76. The summed E-state index contributed by atoms with van der Waals surface area (Å²) in [5, 5.41) is 0. The van der Waals surface area contributed by atoms with Gasteiger partial charge in [-0.3, -0.25) is 0 Å². The van der Waals surface area contributed by atoms with Crippen LogP contribution in [0.25, 0.3) is 0 Å². The van der Waals surface area contributed by atoms with E-state index in [9.17, 15) is 8.78 Å². The van der Waals surface area contributed by atoms with Gasteiger partial charge in [-0.25, -0.2) is 8.78 Å². The number of hydrogen-bond acceptors (Lipinski definition) is 2. The van der Waals surface area contributed by atoms with Crippen LogP contribution in [0.1, 0.15) is 11.1 Å². The van der Waals surface area contributed by atoms with Crippen molar-refractivity contribution < 1.29 is 13.5 Å². The molecule has 5 heteroatoms. The summed E-state index contributed by atoms with van der Waals surface area (Å²) in [7, 11) is 0. The lowest BCUT2D eigenvalue weighted by Crippen LogP contribution is -2.11. The first-order valence-corrected chi connectivity index (χ1v) is 5.91. The average Bonchev–Trinajstić information content (AvgIpc) is 2.33. The molecule has 2 rings (SSSR count). The second-order valence-electron chi connectivity index (χ2n) is 4.04. The molecule has 2 N–H and O–H groups in total. The Morgan fingerprint density at radius 3 is 2.53 bits per heavy atom. The van der Waals surface area contributed by atoms with E-state index in [0.717, 1.165) is 23.8 Å². The summed E-state index contributed by atoms with van der Waals surface area (Å²) < 4.78 is 32.0. The minimum atomic E-state index is -0.656. The summed E-state index contributed by atoms with van der Waals surface area (Å²) in [5.41, 5.74) is 6.94. The smallest absolute Gasteiger partial charge is 0.166 e. The van der Waals surface area contributed by atoms with Crippen molar-refractivity contribution >= 4 is 17.2 Å². The van der Waals surface area contributed by atoms with Gasteiger partial charge in [0.25, 0.3) is 0 Å². The molecular formula is C14H11F2NOS. The molecule has 0 aliphatic rings. The van der Waals surface area contributed by atoms with E-state index in [2.05, 4.69) is 0 Å². The van der Waals surface area contributed by atoms with Crippen LogP contribution in [0.3, 0.4) is 0 Å². The maximum Gasteiger partial charge on any atom is 0.166 e. The molecular weight excluding hydrogens is 268 g/mol. The van der Waals surface area contributed by atoms with E-state index < -0.39 is 11.6 Å². The molecule has 0 unspecified atom stereocenters. The molecule has 19 heavy (non-hydrogen) atoms. The lowest BCUT2D eigenvalue weighted by atomic mass is 10.1. The SMILES string of the molecule is Cc1ccc(C(N)=S)c(Oc2cc(F)ccc2F)c1. The quantitative estimate of drug-likeness (QED) is 0.870. The molecule has 2 aromatic rings. The Hall–Kier alpha value is -2.01. The first-order valence-electron chi connectivity index (χ1n) is 5.51. The van der Waals surface area contributed by atoms with Crippen molar-refractivity contribution in [3.63, 3.8) is 0 Å². The lowest BCUT2D eigenvalue weighted by Gasteiger charge is -2.11. The van der Waals surface area contributed by atoms with Crippen LogP contribution in [-0.4, -0.2) is 4.99 Å². The van der Waals surface area contributed by atoms with Crippen molar-refractivity contribution in [1.29, 1.82) is 0 Å². The fourth-order valence-corrected chi connectivity index (χ4v) is 1.76. The third-order valence-electron chi connectivity index (χ3n) is 2.52. The minimum Gasteiger partial charge on any atom is -0.453 e. The normalized spacial score (nSPS) is 10.3. The van der Waals surface area contributed by atoms with Gasteiger partial charge in [0, 0.05) is 6.07 Å². The lowest BCUT2D eigenvalue weighted by molar-refractivity contribution is 0.435. The number of halogens is 2. The average molecular weight is 279 g/mol. The van der Waals surface area contributed by atoms with Crippen molar-refractivity contribution in [2.45, 2.75) is 6.92 Å². The van der Waals surface area contributed by atoms with Crippen LogP contribution >= 0.6 is 12.2 Å². The molecule has 0 aliphatic heterocycles. The summed E-state index contributed by atoms with van der Waals surface area (Å²) in [6, 6.07) is 8.15. The summed E-state index contributed by atoms with van der Waals surface area (Å²) in [6.45, 7) is 1.85. The number of ether oxygens (including phenoxy) is 1. The van der Waals surface area contributed by atoms with E-state index >= 15 is 0 Å². The molecule has 2 aromatic carbocycles. The molecule has 0 aliphatic carbocycles. The number of rotatable bonds is 3. The number of hydrogen-bond donors (Lipinski definition) is 1. The fraction of sp³-hybridized carbons (Fsp3) is 0.0714. The second-order valence-corrected chi connectivity index (χ2v) is 4.48. The summed E-state index contributed by atoms with van der Waals surface area (Å²) in [6.07, 6.45) is 0. The highest BCUT2D eigenvalue weighted by Gasteiger charge is 2.11. The van der Waals surface area contributed by atoms with Crippen molar-refractivity contribution in [3.05, 3.63) is 59.2 Å². The van der Waals surface area contributed by atoms with Gasteiger partial charge < -0.3 is 10.5 Å². The third-order valence-corrected chi connectivity index (χ3v) is 2.74. The predicted molar refractivity (Wildman–Crippen MR) is 73.5 cm³/mol. The monoisotopic (exact) mass is 279 g/mol. The molecule has 0 bridgehead atoms. The van der Waals surface area contributed by atoms with Gasteiger partial charge in [0.1, 0.15) is 16.6 Å². The Morgan fingerprint density at radius 1 is 1.11 bits per heavy atom. The molecule has 0 amide bonds. The van der Waals surface area contributed by atoms with E-state index in [1.807, 2.05) is 13.0 Å². The Balaban J connectivity index is 2.45. The van der Waals surface area contributed by atoms with Gasteiger partial charge in [-0.05, 0) is 36.8 Å². The highest BCUT2D eigenvalue weighted by atomic mass is 32.1. The fourth-order valence-electron chi connectivity index (χ4n) is 1.59. The Labute approximate surface area is 114 Å². The summed E-state index contributed by atoms with van der Waals surface area (Å²) >= 11 is 4.90. The Bertz CT molecular complexity index is 643. The zero-order valence-electron chi connectivity index (χ0n) is 10.1. The first kappa shape index (κ1) is 13.4. The highest BCUT2D eigenvalue weighted by Crippen LogP contribution is 2.29. The molecule has 0 heterocycles. The molecule has 0 spiro atoms. The number of aryl methyl sites for hydroxylation is 1. The maximum atomic E-state index is 13.5. The van der Waals surface area contributed by atoms with Crippen molar-refractivity contribution in [3.8, 4) is 11.5 Å². The van der Waals surface area contributed by atoms with Gasteiger partial charge in [0.15, 0.2) is 11.6 Å². The van der Waals surface area contributed by atoms with E-state index in [1.54, 1.807) is 12.1 Å². The van der Waals surface area contributed by atoms with Crippen LogP contribution in [0.2, 0.25) is 0 Å². The number of thiocarbonyl (C=S) groups is 1. The summed E-state index contributed by atoms with van der Waals surface area (Å²) in [4.78, 5) is 0.131. The van der Waals surface area contributed by atoms with Crippen molar-refractivity contribution in [1.82, 2.24) is 0 Å². The summed E-state index contributed by atoms with van der Waals surface area (Å²) in [5.74, 6) is -1.14. The minimum absolute atomic E-state index is 0.131. The largest absolute Gasteiger partial charge is 0.453 e. The van der Waals surface area contributed by atoms with Crippen LogP contribution in [0.4, 0.5) is 8.78 Å². The van der Waals surface area contributed by atoms with Crippen molar-refractivity contribution in [2.24, 2.45) is 5.73 Å². The maximum absolute atomic E-state index is 13.5. The van der Waals surface area contributed by atoms with Crippen molar-refractivity contribution in [2.75, 3.05) is 0 Å². The molecule has 0 atom stereocenters. The molecule has 0 saturated carbocycles. The zero-order chi connectivity index (χ0) is 14.0. The predicted octanol–water partition coefficient (Wildman–Crippen LogP) is 3.70. The van der Waals surface area contributed by atoms with Gasteiger partial charge in [-0.15, -0.1) is 0 Å². The molecule has 98 valence electrons. The molecule has 0 radical (unpaired) electrons. The molecule has 0 aromatic heterocycles. The molecule has 0 saturated heterocycles. The Morgan fingerprint density at radius 2 is 1.84 bits per heavy atom. The first-order chi connectivity index (χ1) is 8.97. The van der Waals surface area contributed by atoms with E-state index in [0.29, 0.717) is 11.3 Å². The van der Waals surface area contributed by atoms with E-state index in [-0.39, 0.29) is 10.7 Å². The molecule has 2 nitrogen and oxygen atoms in total.